The number of amides is 4. The number of rotatable bonds is 7. The van der Waals surface area contributed by atoms with Crippen molar-refractivity contribution in [3.05, 3.63) is 70.1 Å². The summed E-state index contributed by atoms with van der Waals surface area (Å²) in [6.07, 6.45) is 1.69. The van der Waals surface area contributed by atoms with Gasteiger partial charge < -0.3 is 20.7 Å². The topological polar surface area (TPSA) is 99.8 Å². The van der Waals surface area contributed by atoms with Crippen molar-refractivity contribution in [3.63, 3.8) is 0 Å². The van der Waals surface area contributed by atoms with E-state index in [1.807, 2.05) is 6.92 Å². The first-order chi connectivity index (χ1) is 16.2. The number of hydrogen-bond donors (Lipinski definition) is 3. The molecule has 1 heterocycles. The predicted molar refractivity (Wildman–Crippen MR) is 128 cm³/mol. The number of ether oxygens (including phenoxy) is 1. The minimum atomic E-state index is -0.751. The predicted octanol–water partition coefficient (Wildman–Crippen LogP) is 5.44. The van der Waals surface area contributed by atoms with Gasteiger partial charge in [-0.15, -0.1) is 0 Å². The molecule has 4 amide bonds. The smallest absolute Gasteiger partial charge is 0.337 e. The summed E-state index contributed by atoms with van der Waals surface area (Å²) in [4.78, 5) is 39.4. The molecular weight excluding hydrogens is 463 g/mol. The van der Waals surface area contributed by atoms with Gasteiger partial charge in [0.15, 0.2) is 0 Å². The second-order valence-corrected chi connectivity index (χ2v) is 8.12. The molecule has 0 fully saturated rings. The van der Waals surface area contributed by atoms with Crippen LogP contribution in [-0.4, -0.2) is 36.6 Å². The summed E-state index contributed by atoms with van der Waals surface area (Å²) in [7, 11) is 1.29. The van der Waals surface area contributed by atoms with E-state index in [1.54, 1.807) is 31.2 Å². The van der Waals surface area contributed by atoms with Crippen LogP contribution in [0.2, 0.25) is 5.02 Å². The Hall–Kier alpha value is -3.59. The maximum absolute atomic E-state index is 13.3. The lowest BCUT2D eigenvalue weighted by Crippen LogP contribution is -2.48. The van der Waals surface area contributed by atoms with Gasteiger partial charge in [0.1, 0.15) is 5.82 Å². The number of hydrogen-bond acceptors (Lipinski definition) is 4. The standard InChI is InChI=1S/C24H26ClFN4O4/c1-4-5-11-30-14(2)20(22(31)34-3)21(29-24(30)33)15-7-6-8-16(12-15)27-23(32)28-17-9-10-19(26)18(25)13-17/h6-10,12-13,21H,4-5,11H2,1-3H3,(H,29,33)(H2,27,28,32). The van der Waals surface area contributed by atoms with Gasteiger partial charge in [-0.2, -0.15) is 0 Å². The number of urea groups is 2. The average molecular weight is 489 g/mol. The lowest BCUT2D eigenvalue weighted by Gasteiger charge is -2.35. The second-order valence-electron chi connectivity index (χ2n) is 7.71. The Morgan fingerprint density at radius 3 is 2.53 bits per heavy atom. The first-order valence-electron chi connectivity index (χ1n) is 10.7. The number of carbonyl (C=O) groups excluding carboxylic acids is 3. The molecule has 3 N–H and O–H groups in total. The van der Waals surface area contributed by atoms with E-state index in [4.69, 9.17) is 16.3 Å². The van der Waals surface area contributed by atoms with Gasteiger partial charge in [-0.3, -0.25) is 4.90 Å². The number of allylic oxidation sites excluding steroid dienone is 1. The molecule has 180 valence electrons. The van der Waals surface area contributed by atoms with E-state index in [2.05, 4.69) is 16.0 Å². The number of halogens is 2. The molecule has 2 aromatic rings. The van der Waals surface area contributed by atoms with Crippen molar-refractivity contribution in [2.45, 2.75) is 32.7 Å². The summed E-state index contributed by atoms with van der Waals surface area (Å²) in [5.41, 5.74) is 2.18. The van der Waals surface area contributed by atoms with Gasteiger partial charge in [0.05, 0.1) is 23.7 Å². The molecule has 0 radical (unpaired) electrons. The molecule has 1 unspecified atom stereocenters. The number of nitrogens with zero attached hydrogens (tertiary/aromatic N) is 1. The number of esters is 1. The number of methoxy groups -OCH3 is 1. The van der Waals surface area contributed by atoms with Crippen molar-refractivity contribution in [1.29, 1.82) is 0 Å². The number of nitrogens with one attached hydrogen (secondary N) is 3. The first kappa shape index (κ1) is 25.0. The van der Waals surface area contributed by atoms with Crippen LogP contribution in [0.1, 0.15) is 38.3 Å². The molecule has 0 aromatic heterocycles. The maximum atomic E-state index is 13.3. The monoisotopic (exact) mass is 488 g/mol. The summed E-state index contributed by atoms with van der Waals surface area (Å²) in [6.45, 7) is 4.22. The third-order valence-electron chi connectivity index (χ3n) is 5.39. The zero-order valence-corrected chi connectivity index (χ0v) is 19.8. The molecule has 1 atom stereocenters. The van der Waals surface area contributed by atoms with Crippen LogP contribution in [0.5, 0.6) is 0 Å². The summed E-state index contributed by atoms with van der Waals surface area (Å²) >= 11 is 5.75. The van der Waals surface area contributed by atoms with E-state index in [0.29, 0.717) is 34.8 Å². The van der Waals surface area contributed by atoms with Crippen LogP contribution in [0, 0.1) is 5.82 Å². The van der Waals surface area contributed by atoms with Gasteiger partial charge in [-0.05, 0) is 49.2 Å². The molecule has 0 spiro atoms. The van der Waals surface area contributed by atoms with E-state index < -0.39 is 23.9 Å². The summed E-state index contributed by atoms with van der Waals surface area (Å²) in [5, 5.41) is 8.01. The third-order valence-corrected chi connectivity index (χ3v) is 5.68. The van der Waals surface area contributed by atoms with Gasteiger partial charge in [0.2, 0.25) is 0 Å². The Morgan fingerprint density at radius 1 is 1.18 bits per heavy atom. The van der Waals surface area contributed by atoms with Gasteiger partial charge in [-0.25, -0.2) is 18.8 Å². The Labute approximate surface area is 202 Å². The molecule has 34 heavy (non-hydrogen) atoms. The molecular formula is C24H26ClFN4O4. The average Bonchev–Trinajstić information content (AvgIpc) is 2.80. The summed E-state index contributed by atoms with van der Waals surface area (Å²) < 4.78 is 18.3. The fourth-order valence-corrected chi connectivity index (χ4v) is 3.84. The van der Waals surface area contributed by atoms with Crippen molar-refractivity contribution in [2.75, 3.05) is 24.3 Å². The lowest BCUT2D eigenvalue weighted by molar-refractivity contribution is -0.136. The SMILES string of the molecule is CCCCN1C(=O)NC(c2cccc(NC(=O)Nc3ccc(F)c(Cl)c3)c2)C(C(=O)OC)=C1C. The van der Waals surface area contributed by atoms with Gasteiger partial charge in [0, 0.05) is 23.6 Å². The van der Waals surface area contributed by atoms with Crippen molar-refractivity contribution in [3.8, 4) is 0 Å². The Kier molecular flexibility index (Phi) is 8.12. The molecule has 2 aromatic carbocycles. The highest BCUT2D eigenvalue weighted by Gasteiger charge is 2.36. The summed E-state index contributed by atoms with van der Waals surface area (Å²) in [6, 6.07) is 8.94. The molecule has 0 saturated carbocycles. The van der Waals surface area contributed by atoms with Crippen molar-refractivity contribution >= 4 is 41.0 Å². The number of anilines is 2. The normalized spacial score (nSPS) is 15.6. The van der Waals surface area contributed by atoms with Crippen LogP contribution in [0.25, 0.3) is 0 Å². The van der Waals surface area contributed by atoms with Crippen molar-refractivity contribution in [1.82, 2.24) is 10.2 Å². The van der Waals surface area contributed by atoms with E-state index in [1.165, 1.54) is 24.1 Å². The quantitative estimate of drug-likeness (QED) is 0.452. The van der Waals surface area contributed by atoms with Gasteiger partial charge in [0.25, 0.3) is 0 Å². The van der Waals surface area contributed by atoms with Gasteiger partial charge >= 0.3 is 18.0 Å². The maximum Gasteiger partial charge on any atom is 0.337 e. The van der Waals surface area contributed by atoms with E-state index in [9.17, 15) is 18.8 Å². The highest BCUT2D eigenvalue weighted by atomic mass is 35.5. The molecule has 3 rings (SSSR count). The van der Waals surface area contributed by atoms with Gasteiger partial charge in [-0.1, -0.05) is 37.1 Å². The molecule has 10 heteroatoms. The van der Waals surface area contributed by atoms with Crippen LogP contribution in [0.15, 0.2) is 53.7 Å². The molecule has 0 saturated heterocycles. The minimum absolute atomic E-state index is 0.113. The molecule has 1 aliphatic rings. The number of carbonyl (C=O) groups is 3. The zero-order chi connectivity index (χ0) is 24.8. The van der Waals surface area contributed by atoms with E-state index in [0.717, 1.165) is 18.9 Å². The van der Waals surface area contributed by atoms with Crippen LogP contribution < -0.4 is 16.0 Å². The highest BCUT2D eigenvalue weighted by molar-refractivity contribution is 6.31. The Morgan fingerprint density at radius 2 is 1.88 bits per heavy atom. The first-order valence-corrected chi connectivity index (χ1v) is 11.1. The molecule has 8 nitrogen and oxygen atoms in total. The second kappa shape index (κ2) is 11.0. The van der Waals surface area contributed by atoms with Crippen molar-refractivity contribution in [2.24, 2.45) is 0 Å². The fourth-order valence-electron chi connectivity index (χ4n) is 3.65. The van der Waals surface area contributed by atoms with E-state index >= 15 is 0 Å². The Bertz CT molecular complexity index is 1140. The van der Waals surface area contributed by atoms with E-state index in [-0.39, 0.29) is 11.1 Å². The largest absolute Gasteiger partial charge is 0.466 e. The van der Waals surface area contributed by atoms with Crippen LogP contribution >= 0.6 is 11.6 Å². The zero-order valence-electron chi connectivity index (χ0n) is 19.1. The lowest BCUT2D eigenvalue weighted by atomic mass is 9.94. The summed E-state index contributed by atoms with van der Waals surface area (Å²) in [5.74, 6) is -1.14. The van der Waals surface area contributed by atoms with Crippen LogP contribution in [-0.2, 0) is 9.53 Å². The highest BCUT2D eigenvalue weighted by Crippen LogP contribution is 2.32. The molecule has 0 aliphatic carbocycles. The third kappa shape index (κ3) is 5.66. The molecule has 1 aliphatic heterocycles. The minimum Gasteiger partial charge on any atom is -0.466 e. The fraction of sp³-hybridized carbons (Fsp3) is 0.292. The van der Waals surface area contributed by atoms with Crippen LogP contribution in [0.3, 0.4) is 0 Å². The van der Waals surface area contributed by atoms with Crippen molar-refractivity contribution < 1.29 is 23.5 Å². The number of benzene rings is 2. The Balaban J connectivity index is 1.84. The van der Waals surface area contributed by atoms with Crippen LogP contribution in [0.4, 0.5) is 25.4 Å². The number of unbranched alkanes of at least 4 members (excludes halogenated alkanes) is 1. The molecule has 0 bridgehead atoms.